The molecule has 0 aromatic heterocycles. The maximum Gasteiger partial charge on any atom is 0.263 e. The van der Waals surface area contributed by atoms with Crippen LogP contribution in [0.15, 0.2) is 18.2 Å². The number of halogens is 3. The normalized spacial score (nSPS) is 19.9. The van der Waals surface area contributed by atoms with Gasteiger partial charge in [-0.05, 0) is 31.9 Å². The molecule has 2 nitrogen and oxygen atoms in total. The van der Waals surface area contributed by atoms with Crippen LogP contribution >= 0.6 is 0 Å². The van der Waals surface area contributed by atoms with Crippen LogP contribution in [-0.4, -0.2) is 29.2 Å². The Hall–Kier alpha value is -1.07. The van der Waals surface area contributed by atoms with Crippen molar-refractivity contribution in [1.82, 2.24) is 4.90 Å². The first-order chi connectivity index (χ1) is 8.99. The van der Waals surface area contributed by atoms with Gasteiger partial charge in [-0.3, -0.25) is 4.90 Å². The molecule has 0 spiro atoms. The lowest BCUT2D eigenvalue weighted by atomic mass is 10.00. The minimum atomic E-state index is -2.59. The molecule has 1 aromatic carbocycles. The molecule has 1 aliphatic heterocycles. The molecule has 1 aromatic rings. The first kappa shape index (κ1) is 14.3. The Labute approximate surface area is 110 Å². The Bertz CT molecular complexity index is 431. The van der Waals surface area contributed by atoms with Gasteiger partial charge < -0.3 is 5.11 Å². The molecular formula is C14H18F3NO. The van der Waals surface area contributed by atoms with Crippen molar-refractivity contribution in [3.8, 4) is 0 Å². The summed E-state index contributed by atoms with van der Waals surface area (Å²) in [4.78, 5) is 2.01. The summed E-state index contributed by atoms with van der Waals surface area (Å²) < 4.78 is 39.1. The minimum Gasteiger partial charge on any atom is -0.393 e. The molecule has 1 heterocycles. The summed E-state index contributed by atoms with van der Waals surface area (Å²) >= 11 is 0. The molecule has 1 fully saturated rings. The van der Waals surface area contributed by atoms with Crippen molar-refractivity contribution in [1.29, 1.82) is 0 Å². The summed E-state index contributed by atoms with van der Waals surface area (Å²) in [6, 6.07) is 3.21. The summed E-state index contributed by atoms with van der Waals surface area (Å²) in [5.41, 5.74) is 0.148. The molecule has 19 heavy (non-hydrogen) atoms. The fourth-order valence-electron chi connectivity index (χ4n) is 2.49. The maximum atomic E-state index is 13.8. The van der Waals surface area contributed by atoms with Crippen LogP contribution < -0.4 is 0 Å². The molecule has 5 heteroatoms. The second kappa shape index (κ2) is 5.92. The van der Waals surface area contributed by atoms with Crippen LogP contribution in [0.4, 0.5) is 13.2 Å². The largest absolute Gasteiger partial charge is 0.393 e. The third-order valence-electron chi connectivity index (χ3n) is 3.77. The van der Waals surface area contributed by atoms with Crippen LogP contribution in [0.25, 0.3) is 0 Å². The molecule has 0 saturated carbocycles. The van der Waals surface area contributed by atoms with Gasteiger partial charge in [0.15, 0.2) is 0 Å². The van der Waals surface area contributed by atoms with Crippen molar-refractivity contribution >= 4 is 0 Å². The van der Waals surface area contributed by atoms with E-state index in [-0.39, 0.29) is 17.7 Å². The molecule has 1 aliphatic rings. The lowest BCUT2D eigenvalue weighted by Gasteiger charge is -2.34. The van der Waals surface area contributed by atoms with Crippen molar-refractivity contribution in [3.63, 3.8) is 0 Å². The Morgan fingerprint density at radius 1 is 1.26 bits per heavy atom. The molecule has 0 aliphatic carbocycles. The molecule has 0 bridgehead atoms. The molecule has 106 valence electrons. The van der Waals surface area contributed by atoms with Crippen LogP contribution in [0.2, 0.25) is 0 Å². The summed E-state index contributed by atoms with van der Waals surface area (Å²) in [5, 5.41) is 9.45. The predicted octanol–water partition coefficient (Wildman–Crippen LogP) is 3.28. The average Bonchev–Trinajstić information content (AvgIpc) is 2.39. The molecule has 1 atom stereocenters. The number of aliphatic hydroxyl groups excluding tert-OH is 1. The van der Waals surface area contributed by atoms with Gasteiger partial charge in [-0.15, -0.1) is 0 Å². The Kier molecular flexibility index (Phi) is 4.47. The third-order valence-corrected chi connectivity index (χ3v) is 3.77. The van der Waals surface area contributed by atoms with E-state index < -0.39 is 12.2 Å². The van der Waals surface area contributed by atoms with Gasteiger partial charge in [-0.2, -0.15) is 0 Å². The SMILES string of the molecule is CC(c1cc(C(F)F)ccc1F)N1CCC(O)CC1. The van der Waals surface area contributed by atoms with Crippen LogP contribution in [0.1, 0.15) is 43.4 Å². The highest BCUT2D eigenvalue weighted by Crippen LogP contribution is 2.29. The van der Waals surface area contributed by atoms with E-state index in [9.17, 15) is 18.3 Å². The van der Waals surface area contributed by atoms with Crippen molar-refractivity contribution in [2.24, 2.45) is 0 Å². The van der Waals surface area contributed by atoms with E-state index in [0.717, 1.165) is 12.1 Å². The monoisotopic (exact) mass is 273 g/mol. The number of piperidine rings is 1. The van der Waals surface area contributed by atoms with Crippen molar-refractivity contribution < 1.29 is 18.3 Å². The fourth-order valence-corrected chi connectivity index (χ4v) is 2.49. The highest BCUT2D eigenvalue weighted by atomic mass is 19.3. The summed E-state index contributed by atoms with van der Waals surface area (Å²) in [7, 11) is 0. The van der Waals surface area contributed by atoms with Crippen molar-refractivity contribution in [3.05, 3.63) is 35.1 Å². The first-order valence-electron chi connectivity index (χ1n) is 6.48. The highest BCUT2D eigenvalue weighted by Gasteiger charge is 2.24. The van der Waals surface area contributed by atoms with E-state index in [2.05, 4.69) is 0 Å². The van der Waals surface area contributed by atoms with E-state index >= 15 is 0 Å². The van der Waals surface area contributed by atoms with Crippen LogP contribution in [-0.2, 0) is 0 Å². The van der Waals surface area contributed by atoms with Gasteiger partial charge in [0.1, 0.15) is 5.82 Å². The number of likely N-dealkylation sites (tertiary alicyclic amines) is 1. The quantitative estimate of drug-likeness (QED) is 0.913. The molecule has 0 amide bonds. The zero-order valence-electron chi connectivity index (χ0n) is 10.8. The second-order valence-electron chi connectivity index (χ2n) is 5.02. The summed E-state index contributed by atoms with van der Waals surface area (Å²) in [6.45, 7) is 3.12. The maximum absolute atomic E-state index is 13.8. The topological polar surface area (TPSA) is 23.5 Å². The Balaban J connectivity index is 2.18. The number of aliphatic hydroxyl groups is 1. The van der Waals surface area contributed by atoms with Gasteiger partial charge in [-0.25, -0.2) is 13.2 Å². The van der Waals surface area contributed by atoms with Crippen molar-refractivity contribution in [2.75, 3.05) is 13.1 Å². The molecule has 1 unspecified atom stereocenters. The Morgan fingerprint density at radius 2 is 1.89 bits per heavy atom. The van der Waals surface area contributed by atoms with E-state index in [1.807, 2.05) is 11.8 Å². The summed E-state index contributed by atoms with van der Waals surface area (Å²) in [6.07, 6.45) is -1.61. The van der Waals surface area contributed by atoms with E-state index in [1.165, 1.54) is 6.07 Å². The van der Waals surface area contributed by atoms with Gasteiger partial charge in [0, 0.05) is 30.3 Å². The van der Waals surface area contributed by atoms with Gasteiger partial charge in [-0.1, -0.05) is 6.07 Å². The van der Waals surface area contributed by atoms with Crippen LogP contribution in [0.5, 0.6) is 0 Å². The lowest BCUT2D eigenvalue weighted by Crippen LogP contribution is -2.37. The number of nitrogens with zero attached hydrogens (tertiary/aromatic N) is 1. The van der Waals surface area contributed by atoms with Crippen LogP contribution in [0.3, 0.4) is 0 Å². The van der Waals surface area contributed by atoms with Gasteiger partial charge >= 0.3 is 0 Å². The molecule has 1 N–H and O–H groups in total. The van der Waals surface area contributed by atoms with E-state index in [4.69, 9.17) is 0 Å². The minimum absolute atomic E-state index is 0.153. The molecular weight excluding hydrogens is 255 g/mol. The molecule has 0 radical (unpaired) electrons. The molecule has 2 rings (SSSR count). The number of benzene rings is 1. The third kappa shape index (κ3) is 3.28. The average molecular weight is 273 g/mol. The highest BCUT2D eigenvalue weighted by molar-refractivity contribution is 5.28. The second-order valence-corrected chi connectivity index (χ2v) is 5.02. The number of alkyl halides is 2. The zero-order valence-corrected chi connectivity index (χ0v) is 10.8. The van der Waals surface area contributed by atoms with Gasteiger partial charge in [0.2, 0.25) is 0 Å². The summed E-state index contributed by atoms with van der Waals surface area (Å²) in [5.74, 6) is -0.456. The fraction of sp³-hybridized carbons (Fsp3) is 0.571. The molecule has 1 saturated heterocycles. The first-order valence-corrected chi connectivity index (χ1v) is 6.48. The van der Waals surface area contributed by atoms with Gasteiger partial charge in [0.25, 0.3) is 6.43 Å². The van der Waals surface area contributed by atoms with E-state index in [1.54, 1.807) is 0 Å². The van der Waals surface area contributed by atoms with E-state index in [0.29, 0.717) is 31.5 Å². The van der Waals surface area contributed by atoms with Gasteiger partial charge in [0.05, 0.1) is 6.10 Å². The lowest BCUT2D eigenvalue weighted by molar-refractivity contribution is 0.0636. The number of hydrogen-bond donors (Lipinski definition) is 1. The number of rotatable bonds is 3. The smallest absolute Gasteiger partial charge is 0.263 e. The predicted molar refractivity (Wildman–Crippen MR) is 66.6 cm³/mol. The van der Waals surface area contributed by atoms with Crippen LogP contribution in [0, 0.1) is 5.82 Å². The van der Waals surface area contributed by atoms with Crippen molar-refractivity contribution in [2.45, 2.75) is 38.3 Å². The number of hydrogen-bond acceptors (Lipinski definition) is 2. The Morgan fingerprint density at radius 3 is 2.47 bits per heavy atom. The standard InChI is InChI=1S/C14H18F3NO/c1-9(18-6-4-11(19)5-7-18)12-8-10(14(16)17)2-3-13(12)15/h2-3,8-9,11,14,19H,4-7H2,1H3. The zero-order chi connectivity index (χ0) is 14.0.